The Balaban J connectivity index is 3.79. The SMILES string of the molecule is O=C(O)CCCCC(=O)OC(CO)CC(O)CO. The van der Waals surface area contributed by atoms with E-state index in [4.69, 9.17) is 25.2 Å². The molecule has 2 unspecified atom stereocenters. The van der Waals surface area contributed by atoms with Crippen LogP contribution in [0.5, 0.6) is 0 Å². The normalized spacial score (nSPS) is 13.9. The number of carbonyl (C=O) groups is 2. The molecule has 0 heterocycles. The standard InChI is InChI=1S/C11H20O7/c12-6-8(14)5-9(7-13)18-11(17)4-2-1-3-10(15)16/h8-9,12-14H,1-7H2,(H,15,16). The molecule has 0 saturated heterocycles. The number of aliphatic hydroxyl groups is 3. The Morgan fingerprint density at radius 2 is 1.67 bits per heavy atom. The van der Waals surface area contributed by atoms with Gasteiger partial charge in [0.05, 0.1) is 19.3 Å². The summed E-state index contributed by atoms with van der Waals surface area (Å²) in [5, 5.41) is 35.0. The average Bonchev–Trinajstić information content (AvgIpc) is 2.33. The van der Waals surface area contributed by atoms with E-state index >= 15 is 0 Å². The lowest BCUT2D eigenvalue weighted by Gasteiger charge is -2.17. The number of carbonyl (C=O) groups excluding carboxylic acids is 1. The molecule has 0 aromatic rings. The molecular formula is C11H20O7. The molecular weight excluding hydrogens is 244 g/mol. The van der Waals surface area contributed by atoms with Crippen molar-refractivity contribution in [2.45, 2.75) is 44.3 Å². The van der Waals surface area contributed by atoms with E-state index in [1.807, 2.05) is 0 Å². The molecule has 4 N–H and O–H groups in total. The van der Waals surface area contributed by atoms with Crippen LogP contribution in [0, 0.1) is 0 Å². The molecule has 0 aliphatic heterocycles. The Labute approximate surface area is 105 Å². The number of rotatable bonds is 10. The average molecular weight is 264 g/mol. The highest BCUT2D eigenvalue weighted by atomic mass is 16.6. The largest absolute Gasteiger partial charge is 0.481 e. The number of unbranched alkanes of at least 4 members (excludes halogenated alkanes) is 1. The van der Waals surface area contributed by atoms with E-state index in [2.05, 4.69) is 0 Å². The van der Waals surface area contributed by atoms with Gasteiger partial charge in [-0.25, -0.2) is 0 Å². The van der Waals surface area contributed by atoms with Gasteiger partial charge in [0.15, 0.2) is 0 Å². The highest BCUT2D eigenvalue weighted by Gasteiger charge is 2.17. The van der Waals surface area contributed by atoms with Crippen LogP contribution >= 0.6 is 0 Å². The zero-order valence-electron chi connectivity index (χ0n) is 10.1. The topological polar surface area (TPSA) is 124 Å². The minimum Gasteiger partial charge on any atom is -0.481 e. The number of aliphatic carboxylic acids is 1. The Kier molecular flexibility index (Phi) is 9.17. The first-order valence-corrected chi connectivity index (χ1v) is 5.80. The fourth-order valence-corrected chi connectivity index (χ4v) is 1.33. The maximum Gasteiger partial charge on any atom is 0.306 e. The highest BCUT2D eigenvalue weighted by Crippen LogP contribution is 2.07. The van der Waals surface area contributed by atoms with Crippen molar-refractivity contribution in [1.29, 1.82) is 0 Å². The van der Waals surface area contributed by atoms with Crippen molar-refractivity contribution < 1.29 is 34.8 Å². The second kappa shape index (κ2) is 9.81. The molecule has 0 fully saturated rings. The second-order valence-electron chi connectivity index (χ2n) is 3.97. The van der Waals surface area contributed by atoms with E-state index in [1.165, 1.54) is 0 Å². The summed E-state index contributed by atoms with van der Waals surface area (Å²) in [6, 6.07) is 0. The van der Waals surface area contributed by atoms with Crippen molar-refractivity contribution in [2.24, 2.45) is 0 Å². The van der Waals surface area contributed by atoms with E-state index in [0.29, 0.717) is 12.8 Å². The summed E-state index contributed by atoms with van der Waals surface area (Å²) in [6.07, 6.45) is -1.08. The Hall–Kier alpha value is -1.18. The molecule has 0 saturated carbocycles. The van der Waals surface area contributed by atoms with Crippen molar-refractivity contribution in [3.05, 3.63) is 0 Å². The van der Waals surface area contributed by atoms with Crippen LogP contribution in [-0.2, 0) is 14.3 Å². The second-order valence-corrected chi connectivity index (χ2v) is 3.97. The quantitative estimate of drug-likeness (QED) is 0.303. The number of esters is 1. The third-order valence-corrected chi connectivity index (χ3v) is 2.27. The molecule has 0 bridgehead atoms. The van der Waals surface area contributed by atoms with Crippen LogP contribution in [0.4, 0.5) is 0 Å². The first-order chi connectivity index (χ1) is 8.49. The van der Waals surface area contributed by atoms with Crippen molar-refractivity contribution in [2.75, 3.05) is 13.2 Å². The van der Waals surface area contributed by atoms with Gasteiger partial charge in [-0.3, -0.25) is 9.59 Å². The molecule has 0 spiro atoms. The Morgan fingerprint density at radius 3 is 2.17 bits per heavy atom. The number of carboxylic acid groups (broad SMARTS) is 1. The number of aliphatic hydroxyl groups excluding tert-OH is 3. The molecule has 0 aromatic carbocycles. The molecule has 2 atom stereocenters. The molecule has 7 nitrogen and oxygen atoms in total. The lowest BCUT2D eigenvalue weighted by molar-refractivity contribution is -0.153. The van der Waals surface area contributed by atoms with Crippen molar-refractivity contribution in [3.63, 3.8) is 0 Å². The minimum absolute atomic E-state index is 0.0000644. The summed E-state index contributed by atoms with van der Waals surface area (Å²) in [5.41, 5.74) is 0. The van der Waals surface area contributed by atoms with E-state index in [-0.39, 0.29) is 19.3 Å². The molecule has 0 amide bonds. The van der Waals surface area contributed by atoms with Crippen LogP contribution in [0.1, 0.15) is 32.1 Å². The van der Waals surface area contributed by atoms with Crippen LogP contribution in [0.25, 0.3) is 0 Å². The van der Waals surface area contributed by atoms with Crippen LogP contribution < -0.4 is 0 Å². The summed E-state index contributed by atoms with van der Waals surface area (Å²) in [7, 11) is 0. The lowest BCUT2D eigenvalue weighted by atomic mass is 10.1. The predicted octanol–water partition coefficient (Wildman–Crippen LogP) is -0.721. The van der Waals surface area contributed by atoms with E-state index in [1.54, 1.807) is 0 Å². The van der Waals surface area contributed by atoms with Crippen LogP contribution in [0.15, 0.2) is 0 Å². The first-order valence-electron chi connectivity index (χ1n) is 5.80. The predicted molar refractivity (Wildman–Crippen MR) is 60.8 cm³/mol. The van der Waals surface area contributed by atoms with Gasteiger partial charge in [-0.1, -0.05) is 0 Å². The molecule has 0 aliphatic rings. The molecule has 0 aliphatic carbocycles. The fourth-order valence-electron chi connectivity index (χ4n) is 1.33. The van der Waals surface area contributed by atoms with Crippen LogP contribution in [0.2, 0.25) is 0 Å². The Bertz CT molecular complexity index is 254. The monoisotopic (exact) mass is 264 g/mol. The maximum absolute atomic E-state index is 11.3. The summed E-state index contributed by atoms with van der Waals surface area (Å²) < 4.78 is 4.87. The molecule has 7 heteroatoms. The Morgan fingerprint density at radius 1 is 1.06 bits per heavy atom. The van der Waals surface area contributed by atoms with E-state index in [0.717, 1.165) is 0 Å². The van der Waals surface area contributed by atoms with Crippen LogP contribution in [0.3, 0.4) is 0 Å². The van der Waals surface area contributed by atoms with Gasteiger partial charge in [-0.15, -0.1) is 0 Å². The molecule has 106 valence electrons. The lowest BCUT2D eigenvalue weighted by Crippen LogP contribution is -2.28. The van der Waals surface area contributed by atoms with Gasteiger partial charge in [0.25, 0.3) is 0 Å². The third-order valence-electron chi connectivity index (χ3n) is 2.27. The van der Waals surface area contributed by atoms with Gasteiger partial charge < -0.3 is 25.2 Å². The van der Waals surface area contributed by atoms with Gasteiger partial charge in [0.2, 0.25) is 0 Å². The maximum atomic E-state index is 11.3. The number of carboxylic acids is 1. The molecule has 18 heavy (non-hydrogen) atoms. The van der Waals surface area contributed by atoms with Crippen molar-refractivity contribution in [1.82, 2.24) is 0 Å². The molecule has 0 radical (unpaired) electrons. The van der Waals surface area contributed by atoms with Crippen molar-refractivity contribution in [3.8, 4) is 0 Å². The number of hydrogen-bond donors (Lipinski definition) is 4. The van der Waals surface area contributed by atoms with Crippen LogP contribution in [-0.4, -0.2) is 57.8 Å². The van der Waals surface area contributed by atoms with Gasteiger partial charge >= 0.3 is 11.9 Å². The fraction of sp³-hybridized carbons (Fsp3) is 0.818. The van der Waals surface area contributed by atoms with Gasteiger partial charge in [0.1, 0.15) is 6.10 Å². The summed E-state index contributed by atoms with van der Waals surface area (Å²) in [4.78, 5) is 21.5. The summed E-state index contributed by atoms with van der Waals surface area (Å²) in [5.74, 6) is -1.47. The van der Waals surface area contributed by atoms with E-state index < -0.39 is 37.4 Å². The number of hydrogen-bond acceptors (Lipinski definition) is 6. The highest BCUT2D eigenvalue weighted by molar-refractivity contribution is 5.70. The van der Waals surface area contributed by atoms with E-state index in [9.17, 15) is 9.59 Å². The first kappa shape index (κ1) is 16.8. The third kappa shape index (κ3) is 8.91. The number of ether oxygens (including phenoxy) is 1. The summed E-state index contributed by atoms with van der Waals surface area (Å²) in [6.45, 7) is -0.898. The molecule has 0 rings (SSSR count). The van der Waals surface area contributed by atoms with Gasteiger partial charge in [-0.05, 0) is 12.8 Å². The smallest absolute Gasteiger partial charge is 0.306 e. The molecule has 0 aromatic heterocycles. The zero-order valence-corrected chi connectivity index (χ0v) is 10.1. The van der Waals surface area contributed by atoms with Gasteiger partial charge in [-0.2, -0.15) is 0 Å². The van der Waals surface area contributed by atoms with Crippen molar-refractivity contribution >= 4 is 11.9 Å². The van der Waals surface area contributed by atoms with Gasteiger partial charge in [0, 0.05) is 19.3 Å². The summed E-state index contributed by atoms with van der Waals surface area (Å²) >= 11 is 0. The minimum atomic E-state index is -1.04. The zero-order chi connectivity index (χ0) is 14.0.